The molecule has 0 bridgehead atoms. The monoisotopic (exact) mass is 370 g/mol. The van der Waals surface area contributed by atoms with Crippen molar-refractivity contribution in [2.75, 3.05) is 0 Å². The average molecular weight is 370 g/mol. The highest BCUT2D eigenvalue weighted by Gasteiger charge is 2.21. The van der Waals surface area contributed by atoms with Gasteiger partial charge in [-0.05, 0) is 28.6 Å². The number of aromatic nitrogens is 1. The zero-order valence-corrected chi connectivity index (χ0v) is 16.5. The van der Waals surface area contributed by atoms with E-state index in [1.807, 2.05) is 0 Å². The van der Waals surface area contributed by atoms with Crippen molar-refractivity contribution in [3.05, 3.63) is 91.0 Å². The van der Waals surface area contributed by atoms with E-state index in [0.717, 1.165) is 6.42 Å². The van der Waals surface area contributed by atoms with Gasteiger partial charge in [-0.3, -0.25) is 0 Å². The molecule has 2 heteroatoms. The van der Waals surface area contributed by atoms with Gasteiger partial charge in [0.25, 0.3) is 0 Å². The minimum Gasteiger partial charge on any atom is -0.333 e. The van der Waals surface area contributed by atoms with Crippen molar-refractivity contribution >= 4 is 56.1 Å². The summed E-state index contributed by atoms with van der Waals surface area (Å²) in [6, 6.07) is 25.0. The molecule has 0 amide bonds. The minimum absolute atomic E-state index is 0.334. The van der Waals surface area contributed by atoms with E-state index in [0.29, 0.717) is 6.04 Å². The summed E-state index contributed by atoms with van der Waals surface area (Å²) in [6.45, 7) is 2.11. The Morgan fingerprint density at radius 3 is 2.24 bits per heavy atom. The quantitative estimate of drug-likeness (QED) is 0.246. The molecule has 0 fully saturated rings. The molecule has 0 N–H and O–H groups in total. The summed E-state index contributed by atoms with van der Waals surface area (Å²) in [6.07, 6.45) is 9.98. The van der Waals surface area contributed by atoms with Gasteiger partial charge in [0, 0.05) is 21.7 Å². The lowest BCUT2D eigenvalue weighted by atomic mass is 9.73. The maximum Gasteiger partial charge on any atom is 0.148 e. The fourth-order valence-corrected chi connectivity index (χ4v) is 5.01. The van der Waals surface area contributed by atoms with E-state index in [4.69, 9.17) is 0 Å². The molecule has 0 spiro atoms. The summed E-state index contributed by atoms with van der Waals surface area (Å²) in [5.41, 5.74) is 3.94. The SMILES string of the molecule is C[B]c1ccc2c(c1)c1c3ccccc3c3ccccc3c1n2C1C=CC=CC1. The molecule has 1 aliphatic rings. The van der Waals surface area contributed by atoms with Crippen molar-refractivity contribution in [1.82, 2.24) is 4.57 Å². The molecule has 137 valence electrons. The molecule has 5 aromatic rings. The number of rotatable bonds is 2. The summed E-state index contributed by atoms with van der Waals surface area (Å²) in [4.78, 5) is 0. The number of hydrogen-bond donors (Lipinski definition) is 0. The summed E-state index contributed by atoms with van der Waals surface area (Å²) < 4.78 is 2.57. The fourth-order valence-electron chi connectivity index (χ4n) is 5.01. The zero-order chi connectivity index (χ0) is 19.4. The number of hydrogen-bond acceptors (Lipinski definition) is 0. The molecule has 0 saturated carbocycles. The van der Waals surface area contributed by atoms with Crippen molar-refractivity contribution in [3.8, 4) is 0 Å². The Bertz CT molecular complexity index is 1470. The van der Waals surface area contributed by atoms with E-state index in [1.165, 1.54) is 48.8 Å². The number of nitrogens with zero attached hydrogens (tertiary/aromatic N) is 1. The first kappa shape index (κ1) is 16.7. The largest absolute Gasteiger partial charge is 0.333 e. The van der Waals surface area contributed by atoms with E-state index in [-0.39, 0.29) is 0 Å². The third-order valence-corrected chi connectivity index (χ3v) is 6.32. The maximum atomic E-state index is 2.57. The summed E-state index contributed by atoms with van der Waals surface area (Å²) >= 11 is 0. The average Bonchev–Trinajstić information content (AvgIpc) is 3.14. The van der Waals surface area contributed by atoms with Gasteiger partial charge in [0.15, 0.2) is 0 Å². The maximum absolute atomic E-state index is 2.57. The van der Waals surface area contributed by atoms with Gasteiger partial charge in [0.2, 0.25) is 0 Å². The first-order chi connectivity index (χ1) is 14.4. The van der Waals surface area contributed by atoms with Crippen LogP contribution in [0, 0.1) is 0 Å². The van der Waals surface area contributed by atoms with Crippen LogP contribution in [0.5, 0.6) is 0 Å². The second-order valence-corrected chi connectivity index (χ2v) is 7.87. The highest BCUT2D eigenvalue weighted by atomic mass is 15.0. The van der Waals surface area contributed by atoms with Crippen molar-refractivity contribution < 1.29 is 0 Å². The molecule has 29 heavy (non-hydrogen) atoms. The first-order valence-electron chi connectivity index (χ1n) is 10.4. The van der Waals surface area contributed by atoms with Crippen molar-refractivity contribution in [3.63, 3.8) is 0 Å². The standard InChI is InChI=1S/C27H21BN/c1-28-18-15-16-25-24(17-18)26-22-13-7-5-11-20(22)21-12-6-8-14-23(21)27(26)29(25)19-9-3-2-4-10-19/h2-9,11-17,19H,10H2,1H3. The van der Waals surface area contributed by atoms with Gasteiger partial charge in [0.1, 0.15) is 7.28 Å². The van der Waals surface area contributed by atoms with E-state index >= 15 is 0 Å². The summed E-state index contributed by atoms with van der Waals surface area (Å²) in [7, 11) is 2.19. The molecule has 1 aliphatic carbocycles. The Hall–Kier alpha value is -3.26. The normalized spacial score (nSPS) is 16.4. The molecular formula is C27H21BN. The highest BCUT2D eigenvalue weighted by Crippen LogP contribution is 2.42. The van der Waals surface area contributed by atoms with E-state index in [2.05, 4.69) is 110 Å². The van der Waals surface area contributed by atoms with Gasteiger partial charge in [0.05, 0.1) is 11.6 Å². The van der Waals surface area contributed by atoms with Crippen LogP contribution >= 0.6 is 0 Å². The van der Waals surface area contributed by atoms with Crippen molar-refractivity contribution in [2.45, 2.75) is 19.3 Å². The van der Waals surface area contributed by atoms with Crippen LogP contribution in [0.3, 0.4) is 0 Å². The van der Waals surface area contributed by atoms with Crippen LogP contribution in [0.2, 0.25) is 6.82 Å². The lowest BCUT2D eigenvalue weighted by molar-refractivity contribution is 0.649. The molecule has 4 aromatic carbocycles. The van der Waals surface area contributed by atoms with Crippen LogP contribution < -0.4 is 5.46 Å². The minimum atomic E-state index is 0.334. The van der Waals surface area contributed by atoms with E-state index < -0.39 is 0 Å². The lowest BCUT2D eigenvalue weighted by Gasteiger charge is -2.20. The van der Waals surface area contributed by atoms with Gasteiger partial charge in [-0.15, -0.1) is 0 Å². The Kier molecular flexibility index (Phi) is 3.67. The van der Waals surface area contributed by atoms with Gasteiger partial charge >= 0.3 is 0 Å². The third kappa shape index (κ3) is 2.35. The van der Waals surface area contributed by atoms with Crippen molar-refractivity contribution in [1.29, 1.82) is 0 Å². The molecule has 1 nitrogen and oxygen atoms in total. The zero-order valence-electron chi connectivity index (χ0n) is 16.5. The van der Waals surface area contributed by atoms with Crippen LogP contribution in [-0.4, -0.2) is 11.8 Å². The molecular weight excluding hydrogens is 349 g/mol. The molecule has 0 aliphatic heterocycles. The lowest BCUT2D eigenvalue weighted by Crippen LogP contribution is -2.10. The van der Waals surface area contributed by atoms with Crippen LogP contribution in [0.1, 0.15) is 12.5 Å². The smallest absolute Gasteiger partial charge is 0.148 e. The molecule has 1 heterocycles. The molecule has 6 rings (SSSR count). The second-order valence-electron chi connectivity index (χ2n) is 7.87. The number of benzene rings is 4. The van der Waals surface area contributed by atoms with Crippen LogP contribution in [0.15, 0.2) is 91.0 Å². The van der Waals surface area contributed by atoms with E-state index in [1.54, 1.807) is 0 Å². The Balaban J connectivity index is 1.92. The predicted molar refractivity (Wildman–Crippen MR) is 128 cm³/mol. The van der Waals surface area contributed by atoms with Gasteiger partial charge < -0.3 is 4.57 Å². The Labute approximate surface area is 171 Å². The summed E-state index contributed by atoms with van der Waals surface area (Å²) in [5, 5.41) is 8.06. The Morgan fingerprint density at radius 2 is 1.52 bits per heavy atom. The predicted octanol–water partition coefficient (Wildman–Crippen LogP) is 6.54. The number of fused-ring (bicyclic) bond motifs is 8. The third-order valence-electron chi connectivity index (χ3n) is 6.32. The first-order valence-corrected chi connectivity index (χ1v) is 10.4. The van der Waals surface area contributed by atoms with Gasteiger partial charge in [-0.25, -0.2) is 0 Å². The molecule has 0 saturated heterocycles. The van der Waals surface area contributed by atoms with Gasteiger partial charge in [-0.1, -0.05) is 97.3 Å². The molecule has 1 radical (unpaired) electrons. The van der Waals surface area contributed by atoms with Crippen LogP contribution in [0.25, 0.3) is 43.4 Å². The molecule has 1 aromatic heterocycles. The fraction of sp³-hybridized carbons (Fsp3) is 0.111. The summed E-state index contributed by atoms with van der Waals surface area (Å²) in [5.74, 6) is 0. The Morgan fingerprint density at radius 1 is 0.793 bits per heavy atom. The molecule has 1 atom stereocenters. The highest BCUT2D eigenvalue weighted by molar-refractivity contribution is 6.52. The second kappa shape index (κ2) is 6.38. The van der Waals surface area contributed by atoms with Gasteiger partial charge in [-0.2, -0.15) is 0 Å². The topological polar surface area (TPSA) is 4.93 Å². The van der Waals surface area contributed by atoms with Crippen LogP contribution in [0.4, 0.5) is 0 Å². The number of allylic oxidation sites excluding steroid dienone is 4. The van der Waals surface area contributed by atoms with Crippen molar-refractivity contribution in [2.24, 2.45) is 0 Å². The molecule has 1 unspecified atom stereocenters. The van der Waals surface area contributed by atoms with Crippen LogP contribution in [-0.2, 0) is 0 Å². The van der Waals surface area contributed by atoms with E-state index in [9.17, 15) is 0 Å².